The van der Waals surface area contributed by atoms with Crippen molar-refractivity contribution in [3.05, 3.63) is 95.1 Å². The van der Waals surface area contributed by atoms with Gasteiger partial charge in [-0.1, -0.05) is 71.8 Å². The van der Waals surface area contributed by atoms with E-state index in [0.29, 0.717) is 11.1 Å². The van der Waals surface area contributed by atoms with Crippen molar-refractivity contribution in [1.29, 1.82) is 0 Å². The normalized spacial score (nSPS) is 10.0. The van der Waals surface area contributed by atoms with Crippen LogP contribution in [0.3, 0.4) is 0 Å². The summed E-state index contributed by atoms with van der Waals surface area (Å²) in [5.41, 5.74) is 3.00. The van der Waals surface area contributed by atoms with Gasteiger partial charge >= 0.3 is 11.9 Å². The molecular weight excluding hydrogens is 418 g/mol. The largest absolute Gasteiger partial charge is 0.478 e. The van der Waals surface area contributed by atoms with E-state index >= 15 is 0 Å². The van der Waals surface area contributed by atoms with Crippen LogP contribution in [-0.2, 0) is 19.5 Å². The molecule has 0 radical (unpaired) electrons. The van der Waals surface area contributed by atoms with Crippen LogP contribution in [0.25, 0.3) is 21.5 Å². The van der Waals surface area contributed by atoms with E-state index in [2.05, 4.69) is 0 Å². The third kappa shape index (κ3) is 5.07. The number of benzene rings is 4. The van der Waals surface area contributed by atoms with E-state index in [4.69, 9.17) is 10.2 Å². The number of rotatable bonds is 2. The molecule has 0 aromatic heterocycles. The van der Waals surface area contributed by atoms with Gasteiger partial charge in [0.2, 0.25) is 0 Å². The van der Waals surface area contributed by atoms with Gasteiger partial charge in [-0.05, 0) is 47.5 Å². The molecule has 0 atom stereocenters. The summed E-state index contributed by atoms with van der Waals surface area (Å²) in [4.78, 5) is 21.8. The fourth-order valence-corrected chi connectivity index (χ4v) is 3.18. The summed E-state index contributed by atoms with van der Waals surface area (Å²) in [7, 11) is 0. The van der Waals surface area contributed by atoms with Crippen molar-refractivity contribution in [2.24, 2.45) is 0 Å². The molecule has 4 rings (SSSR count). The van der Waals surface area contributed by atoms with Gasteiger partial charge in [-0.15, -0.1) is 0 Å². The zero-order chi connectivity index (χ0) is 20.3. The Bertz CT molecular complexity index is 1100. The Morgan fingerprint density at radius 2 is 1.00 bits per heavy atom. The minimum atomic E-state index is -0.876. The Morgan fingerprint density at radius 1 is 0.621 bits per heavy atom. The summed E-state index contributed by atoms with van der Waals surface area (Å²) in [6.45, 7) is 3.99. The number of carboxylic acid groups (broad SMARTS) is 2. The Morgan fingerprint density at radius 3 is 1.34 bits per heavy atom. The standard InChI is InChI=1S/2C12H10O2.Zn/c2*1-8-5-6-10-9(7-8)3-2-4-11(10)12(13)14;/h2*2-7H,1H3,(H,13,14);. The molecule has 2 N–H and O–H groups in total. The number of aryl methyl sites for hydroxylation is 2. The van der Waals surface area contributed by atoms with Crippen molar-refractivity contribution in [2.75, 3.05) is 0 Å². The second-order valence-corrected chi connectivity index (χ2v) is 6.67. The van der Waals surface area contributed by atoms with Gasteiger partial charge in [0.15, 0.2) is 0 Å². The molecule has 0 unspecified atom stereocenters. The van der Waals surface area contributed by atoms with Crippen LogP contribution in [-0.4, -0.2) is 22.2 Å². The van der Waals surface area contributed by atoms with E-state index < -0.39 is 11.9 Å². The third-order valence-electron chi connectivity index (χ3n) is 4.53. The molecule has 0 amide bonds. The predicted octanol–water partition coefficient (Wildman–Crippen LogP) is 5.69. The van der Waals surface area contributed by atoms with Crippen LogP contribution < -0.4 is 0 Å². The van der Waals surface area contributed by atoms with Crippen LogP contribution in [0.15, 0.2) is 72.8 Å². The maximum Gasteiger partial charge on any atom is 0.336 e. The monoisotopic (exact) mass is 436 g/mol. The molecule has 142 valence electrons. The first-order valence-corrected chi connectivity index (χ1v) is 8.82. The summed E-state index contributed by atoms with van der Waals surface area (Å²) in [5.74, 6) is -1.75. The minimum absolute atomic E-state index is 0. The van der Waals surface area contributed by atoms with E-state index in [1.54, 1.807) is 24.3 Å². The SMILES string of the molecule is Cc1ccc2c(C(=O)O)cccc2c1.Cc1ccc2c(C(=O)O)cccc2c1.[Zn]. The van der Waals surface area contributed by atoms with Crippen molar-refractivity contribution in [3.8, 4) is 0 Å². The summed E-state index contributed by atoms with van der Waals surface area (Å²) in [6.07, 6.45) is 0. The second-order valence-electron chi connectivity index (χ2n) is 6.67. The van der Waals surface area contributed by atoms with Gasteiger partial charge in [0.05, 0.1) is 11.1 Å². The molecule has 0 saturated heterocycles. The molecule has 5 heteroatoms. The molecule has 4 nitrogen and oxygen atoms in total. The zero-order valence-corrected chi connectivity index (χ0v) is 19.3. The van der Waals surface area contributed by atoms with E-state index in [0.717, 1.165) is 32.7 Å². The molecular formula is C24H20O4Zn. The van der Waals surface area contributed by atoms with E-state index in [1.165, 1.54) is 0 Å². The Hall–Kier alpha value is -3.04. The van der Waals surface area contributed by atoms with E-state index in [9.17, 15) is 9.59 Å². The summed E-state index contributed by atoms with van der Waals surface area (Å²) >= 11 is 0. The maximum absolute atomic E-state index is 10.9. The van der Waals surface area contributed by atoms with E-state index in [1.807, 2.05) is 62.4 Å². The number of hydrogen-bond acceptors (Lipinski definition) is 2. The zero-order valence-electron chi connectivity index (χ0n) is 16.3. The van der Waals surface area contributed by atoms with Crippen LogP contribution in [0.1, 0.15) is 31.8 Å². The van der Waals surface area contributed by atoms with Gasteiger partial charge in [0.1, 0.15) is 0 Å². The van der Waals surface area contributed by atoms with Gasteiger partial charge in [-0.2, -0.15) is 0 Å². The van der Waals surface area contributed by atoms with Gasteiger partial charge in [0.25, 0.3) is 0 Å². The molecule has 29 heavy (non-hydrogen) atoms. The molecule has 0 heterocycles. The minimum Gasteiger partial charge on any atom is -0.478 e. The van der Waals surface area contributed by atoms with Gasteiger partial charge < -0.3 is 10.2 Å². The van der Waals surface area contributed by atoms with Crippen molar-refractivity contribution < 1.29 is 39.3 Å². The number of aromatic carboxylic acids is 2. The molecule has 0 bridgehead atoms. The number of carbonyl (C=O) groups is 2. The van der Waals surface area contributed by atoms with Crippen molar-refractivity contribution in [3.63, 3.8) is 0 Å². The molecule has 0 saturated carbocycles. The Kier molecular flexibility index (Phi) is 7.25. The predicted molar refractivity (Wildman–Crippen MR) is 111 cm³/mol. The third-order valence-corrected chi connectivity index (χ3v) is 4.53. The quantitative estimate of drug-likeness (QED) is 0.395. The van der Waals surface area contributed by atoms with Crippen LogP contribution in [0.5, 0.6) is 0 Å². The average molecular weight is 438 g/mol. The van der Waals surface area contributed by atoms with Crippen molar-refractivity contribution in [1.82, 2.24) is 0 Å². The molecule has 4 aromatic carbocycles. The van der Waals surface area contributed by atoms with E-state index in [-0.39, 0.29) is 19.5 Å². The smallest absolute Gasteiger partial charge is 0.336 e. The van der Waals surface area contributed by atoms with Gasteiger partial charge in [0, 0.05) is 19.5 Å². The molecule has 0 aliphatic rings. The van der Waals surface area contributed by atoms with Crippen LogP contribution in [0.2, 0.25) is 0 Å². The van der Waals surface area contributed by atoms with Gasteiger partial charge in [-0.3, -0.25) is 0 Å². The first-order chi connectivity index (χ1) is 13.4. The second kappa shape index (κ2) is 9.44. The molecule has 0 spiro atoms. The van der Waals surface area contributed by atoms with Crippen molar-refractivity contribution in [2.45, 2.75) is 13.8 Å². The fraction of sp³-hybridized carbons (Fsp3) is 0.0833. The molecule has 0 aliphatic heterocycles. The molecule has 0 fully saturated rings. The number of hydrogen-bond donors (Lipinski definition) is 2. The Balaban J connectivity index is 0.000000200. The summed E-state index contributed by atoms with van der Waals surface area (Å²) in [5, 5.41) is 21.5. The first kappa shape index (κ1) is 22.3. The number of carboxylic acids is 2. The average Bonchev–Trinajstić information content (AvgIpc) is 2.66. The fourth-order valence-electron chi connectivity index (χ4n) is 3.18. The molecule has 4 aromatic rings. The topological polar surface area (TPSA) is 74.6 Å². The Labute approximate surface area is 181 Å². The maximum atomic E-state index is 10.9. The van der Waals surface area contributed by atoms with Crippen molar-refractivity contribution >= 4 is 33.5 Å². The van der Waals surface area contributed by atoms with Crippen LogP contribution in [0, 0.1) is 13.8 Å². The number of fused-ring (bicyclic) bond motifs is 2. The summed E-state index contributed by atoms with van der Waals surface area (Å²) < 4.78 is 0. The van der Waals surface area contributed by atoms with Crippen LogP contribution >= 0.6 is 0 Å². The first-order valence-electron chi connectivity index (χ1n) is 8.82. The van der Waals surface area contributed by atoms with Gasteiger partial charge in [-0.25, -0.2) is 9.59 Å². The van der Waals surface area contributed by atoms with Crippen LogP contribution in [0.4, 0.5) is 0 Å². The molecule has 0 aliphatic carbocycles. The summed E-state index contributed by atoms with van der Waals surface area (Å²) in [6, 6.07) is 22.2.